The molecule has 2 aromatic heterocycles. The fourth-order valence-corrected chi connectivity index (χ4v) is 1.21. The van der Waals surface area contributed by atoms with Crippen molar-refractivity contribution in [3.63, 3.8) is 0 Å². The van der Waals surface area contributed by atoms with Gasteiger partial charge in [-0.2, -0.15) is 0 Å². The third-order valence-corrected chi connectivity index (χ3v) is 1.87. The minimum Gasteiger partial charge on any atom is -0.415 e. The molecule has 0 spiro atoms. The molecule has 0 aromatic carbocycles. The predicted octanol–water partition coefficient (Wildman–Crippen LogP) is 1.21. The Hall–Kier alpha value is -1.38. The van der Waals surface area contributed by atoms with Crippen LogP contribution in [0, 0.1) is 0 Å². The number of aromatic nitrogens is 2. The maximum atomic E-state index is 5.47. The highest BCUT2D eigenvalue weighted by molar-refractivity contribution is 5.63. The second kappa shape index (κ2) is 2.59. The number of hydrogen-bond donors (Lipinski definition) is 0. The van der Waals surface area contributed by atoms with E-state index in [1.54, 1.807) is 0 Å². The monoisotopic (exact) mass is 163 g/mol. The van der Waals surface area contributed by atoms with E-state index in [9.17, 15) is 0 Å². The Bertz CT molecular complexity index is 406. The molecule has 12 heavy (non-hydrogen) atoms. The molecular weight excluding hydrogens is 152 g/mol. The summed E-state index contributed by atoms with van der Waals surface area (Å²) in [6, 6.07) is 3.88. The van der Waals surface area contributed by atoms with Crippen molar-refractivity contribution in [2.45, 2.75) is 13.3 Å². The Morgan fingerprint density at radius 1 is 1.58 bits per heavy atom. The van der Waals surface area contributed by atoms with Crippen LogP contribution < -0.4 is 4.57 Å². The van der Waals surface area contributed by atoms with Crippen molar-refractivity contribution in [3.8, 4) is 0 Å². The molecule has 0 bridgehead atoms. The summed E-state index contributed by atoms with van der Waals surface area (Å²) in [4.78, 5) is 4.33. The number of rotatable bonds is 1. The van der Waals surface area contributed by atoms with Gasteiger partial charge in [0.15, 0.2) is 0 Å². The van der Waals surface area contributed by atoms with Crippen molar-refractivity contribution in [1.29, 1.82) is 0 Å². The number of fused-ring (bicyclic) bond motifs is 1. The summed E-state index contributed by atoms with van der Waals surface area (Å²) in [5.41, 5.74) is 1.77. The first-order valence-electron chi connectivity index (χ1n) is 4.05. The SMILES string of the molecule is CCc1nc2c(ccc[n+]2C)o1. The van der Waals surface area contributed by atoms with Crippen molar-refractivity contribution in [1.82, 2.24) is 4.98 Å². The summed E-state index contributed by atoms with van der Waals surface area (Å²) in [6.07, 6.45) is 2.80. The lowest BCUT2D eigenvalue weighted by atomic mass is 10.4. The maximum Gasteiger partial charge on any atom is 0.369 e. The van der Waals surface area contributed by atoms with Crippen LogP contribution in [0.15, 0.2) is 22.7 Å². The lowest BCUT2D eigenvalue weighted by molar-refractivity contribution is -0.646. The van der Waals surface area contributed by atoms with Crippen molar-refractivity contribution in [3.05, 3.63) is 24.2 Å². The number of pyridine rings is 1. The molecule has 0 radical (unpaired) electrons. The van der Waals surface area contributed by atoms with E-state index in [1.807, 2.05) is 36.9 Å². The highest BCUT2D eigenvalue weighted by Gasteiger charge is 2.14. The van der Waals surface area contributed by atoms with Crippen LogP contribution in [0.1, 0.15) is 12.8 Å². The first-order valence-corrected chi connectivity index (χ1v) is 4.05. The minimum absolute atomic E-state index is 0.798. The zero-order chi connectivity index (χ0) is 8.55. The van der Waals surface area contributed by atoms with Crippen LogP contribution in [-0.2, 0) is 13.5 Å². The quantitative estimate of drug-likeness (QED) is 0.591. The molecule has 0 amide bonds. The maximum absolute atomic E-state index is 5.47. The van der Waals surface area contributed by atoms with Crippen LogP contribution >= 0.6 is 0 Å². The molecule has 0 fully saturated rings. The Kier molecular flexibility index (Phi) is 1.57. The van der Waals surface area contributed by atoms with Gasteiger partial charge in [0.25, 0.3) is 0 Å². The smallest absolute Gasteiger partial charge is 0.369 e. The molecule has 3 heteroatoms. The van der Waals surface area contributed by atoms with Crippen LogP contribution in [0.2, 0.25) is 0 Å². The Morgan fingerprint density at radius 2 is 2.42 bits per heavy atom. The van der Waals surface area contributed by atoms with E-state index >= 15 is 0 Å². The van der Waals surface area contributed by atoms with Crippen molar-refractivity contribution in [2.24, 2.45) is 7.05 Å². The summed E-state index contributed by atoms with van der Waals surface area (Å²) in [6.45, 7) is 2.03. The first-order chi connectivity index (χ1) is 5.81. The molecule has 0 aliphatic heterocycles. The molecule has 0 N–H and O–H groups in total. The molecule has 0 saturated heterocycles. The molecule has 0 atom stereocenters. The van der Waals surface area contributed by atoms with Gasteiger partial charge in [-0.3, -0.25) is 0 Å². The van der Waals surface area contributed by atoms with E-state index in [0.29, 0.717) is 0 Å². The Morgan fingerprint density at radius 3 is 3.08 bits per heavy atom. The molecule has 2 aromatic rings. The number of oxazole rings is 1. The molecule has 3 nitrogen and oxygen atoms in total. The van der Waals surface area contributed by atoms with Gasteiger partial charge in [0, 0.05) is 6.42 Å². The zero-order valence-electron chi connectivity index (χ0n) is 7.24. The van der Waals surface area contributed by atoms with Crippen LogP contribution in [0.4, 0.5) is 0 Å². The Balaban J connectivity index is 2.74. The zero-order valence-corrected chi connectivity index (χ0v) is 7.24. The van der Waals surface area contributed by atoms with Gasteiger partial charge in [0.2, 0.25) is 5.58 Å². The second-order valence-electron chi connectivity index (χ2n) is 2.77. The summed E-state index contributed by atoms with van der Waals surface area (Å²) < 4.78 is 7.42. The van der Waals surface area contributed by atoms with E-state index < -0.39 is 0 Å². The van der Waals surface area contributed by atoms with Crippen LogP contribution in [0.3, 0.4) is 0 Å². The van der Waals surface area contributed by atoms with Gasteiger partial charge in [-0.25, -0.2) is 4.57 Å². The van der Waals surface area contributed by atoms with Gasteiger partial charge in [0.1, 0.15) is 0 Å². The van der Waals surface area contributed by atoms with Gasteiger partial charge in [-0.1, -0.05) is 6.92 Å². The van der Waals surface area contributed by atoms with Gasteiger partial charge in [-0.05, 0) is 17.1 Å². The number of aryl methyl sites for hydroxylation is 2. The Labute approximate surface area is 70.7 Å². The number of hydrogen-bond acceptors (Lipinski definition) is 2. The third kappa shape index (κ3) is 0.978. The van der Waals surface area contributed by atoms with E-state index in [-0.39, 0.29) is 0 Å². The fourth-order valence-electron chi connectivity index (χ4n) is 1.21. The summed E-state index contributed by atoms with van der Waals surface area (Å²) in [7, 11) is 1.96. The van der Waals surface area contributed by atoms with Crippen LogP contribution in [0.25, 0.3) is 11.2 Å². The molecule has 0 aliphatic rings. The topological polar surface area (TPSA) is 29.9 Å². The van der Waals surface area contributed by atoms with Gasteiger partial charge < -0.3 is 4.42 Å². The van der Waals surface area contributed by atoms with E-state index in [4.69, 9.17) is 4.42 Å². The van der Waals surface area contributed by atoms with E-state index in [2.05, 4.69) is 4.98 Å². The van der Waals surface area contributed by atoms with E-state index in [1.165, 1.54) is 0 Å². The molecule has 0 saturated carbocycles. The van der Waals surface area contributed by atoms with Crippen molar-refractivity contribution < 1.29 is 8.98 Å². The van der Waals surface area contributed by atoms with Gasteiger partial charge >= 0.3 is 11.5 Å². The lowest BCUT2D eigenvalue weighted by Gasteiger charge is -1.85. The molecule has 2 heterocycles. The van der Waals surface area contributed by atoms with Crippen molar-refractivity contribution in [2.75, 3.05) is 0 Å². The van der Waals surface area contributed by atoms with Crippen molar-refractivity contribution >= 4 is 11.2 Å². The third-order valence-electron chi connectivity index (χ3n) is 1.87. The molecule has 0 unspecified atom stereocenters. The van der Waals surface area contributed by atoms with E-state index in [0.717, 1.165) is 23.5 Å². The predicted molar refractivity (Wildman–Crippen MR) is 44.6 cm³/mol. The average Bonchev–Trinajstić information content (AvgIpc) is 2.49. The molecule has 62 valence electrons. The second-order valence-corrected chi connectivity index (χ2v) is 2.77. The van der Waals surface area contributed by atoms with Gasteiger partial charge in [-0.15, -0.1) is 0 Å². The number of nitrogens with zero attached hydrogens (tertiary/aromatic N) is 2. The highest BCUT2D eigenvalue weighted by atomic mass is 16.3. The highest BCUT2D eigenvalue weighted by Crippen LogP contribution is 2.10. The standard InChI is InChI=1S/C9H11N2O/c1-3-8-10-9-7(12-8)5-4-6-11(9)2/h4-6H,3H2,1-2H3/q+1. The summed E-state index contributed by atoms with van der Waals surface area (Å²) >= 11 is 0. The van der Waals surface area contributed by atoms with Crippen LogP contribution in [-0.4, -0.2) is 4.98 Å². The summed E-state index contributed by atoms with van der Waals surface area (Å²) in [5, 5.41) is 0. The molecule has 0 aliphatic carbocycles. The first kappa shape index (κ1) is 7.28. The lowest BCUT2D eigenvalue weighted by Crippen LogP contribution is -2.28. The molecule has 2 rings (SSSR count). The minimum atomic E-state index is 0.798. The molecular formula is C9H11N2O+. The van der Waals surface area contributed by atoms with Crippen LogP contribution in [0.5, 0.6) is 0 Å². The fraction of sp³-hybridized carbons (Fsp3) is 0.333. The normalized spacial score (nSPS) is 10.8. The van der Waals surface area contributed by atoms with Gasteiger partial charge in [0.05, 0.1) is 13.2 Å². The largest absolute Gasteiger partial charge is 0.415 e. The average molecular weight is 163 g/mol. The summed E-state index contributed by atoms with van der Waals surface area (Å²) in [5.74, 6) is 0.798.